The van der Waals surface area contributed by atoms with E-state index in [0.717, 1.165) is 44.2 Å². The molecule has 0 saturated heterocycles. The smallest absolute Gasteiger partial charge is 0.277 e. The highest BCUT2D eigenvalue weighted by Gasteiger charge is 2.26. The molecule has 3 aromatic heterocycles. The number of rotatable bonds is 8. The number of hydrogen-bond donors (Lipinski definition) is 5. The normalized spacial score (nSPS) is 20.7. The molecule has 35 heavy (non-hydrogen) atoms. The van der Waals surface area contributed by atoms with Crippen LogP contribution in [0.3, 0.4) is 0 Å². The lowest BCUT2D eigenvalue weighted by atomic mass is 9.91. The van der Waals surface area contributed by atoms with Crippen LogP contribution in [0.25, 0.3) is 5.65 Å². The lowest BCUT2D eigenvalue weighted by molar-refractivity contribution is -0.122. The molecule has 0 aliphatic heterocycles. The summed E-state index contributed by atoms with van der Waals surface area (Å²) in [7, 11) is 0. The first kappa shape index (κ1) is 23.0. The molecule has 6 N–H and O–H groups in total. The molecule has 2 aliphatic rings. The van der Waals surface area contributed by atoms with Gasteiger partial charge in [-0.05, 0) is 51.5 Å². The molecule has 2 saturated carbocycles. The van der Waals surface area contributed by atoms with Gasteiger partial charge in [-0.25, -0.2) is 19.5 Å². The van der Waals surface area contributed by atoms with Crippen molar-refractivity contribution in [1.29, 1.82) is 0 Å². The van der Waals surface area contributed by atoms with Crippen LogP contribution in [0.1, 0.15) is 55.9 Å². The maximum atomic E-state index is 13.0. The summed E-state index contributed by atoms with van der Waals surface area (Å²) >= 11 is 0. The molecule has 0 aromatic carbocycles. The first-order valence-corrected chi connectivity index (χ1v) is 12.0. The van der Waals surface area contributed by atoms with Gasteiger partial charge in [0.2, 0.25) is 5.91 Å². The van der Waals surface area contributed by atoms with Crippen molar-refractivity contribution in [3.8, 4) is 0 Å². The van der Waals surface area contributed by atoms with Crippen LogP contribution in [0.2, 0.25) is 0 Å². The second-order valence-electron chi connectivity index (χ2n) is 9.28. The predicted octanol–water partition coefficient (Wildman–Crippen LogP) is 1.53. The number of anilines is 3. The first-order valence-electron chi connectivity index (χ1n) is 12.0. The third-order valence-electron chi connectivity index (χ3n) is 6.30. The molecule has 2 aliphatic carbocycles. The second-order valence-corrected chi connectivity index (χ2v) is 9.28. The average molecular weight is 479 g/mol. The fourth-order valence-electron chi connectivity index (χ4n) is 4.22. The lowest BCUT2D eigenvalue weighted by Gasteiger charge is -2.30. The van der Waals surface area contributed by atoms with Gasteiger partial charge < -0.3 is 27.0 Å². The lowest BCUT2D eigenvalue weighted by Crippen LogP contribution is -2.46. The molecule has 0 radical (unpaired) electrons. The quantitative estimate of drug-likeness (QED) is 0.323. The zero-order chi connectivity index (χ0) is 24.4. The summed E-state index contributed by atoms with van der Waals surface area (Å²) in [6.07, 6.45) is 10.2. The predicted molar refractivity (Wildman–Crippen MR) is 131 cm³/mol. The van der Waals surface area contributed by atoms with Crippen molar-refractivity contribution in [1.82, 2.24) is 29.9 Å². The Kier molecular flexibility index (Phi) is 6.45. The van der Waals surface area contributed by atoms with Gasteiger partial charge in [0.25, 0.3) is 5.91 Å². The molecular weight excluding hydrogens is 448 g/mol. The number of aromatic nitrogens is 5. The van der Waals surface area contributed by atoms with E-state index < -0.39 is 6.04 Å². The third kappa shape index (κ3) is 5.48. The first-order chi connectivity index (χ1) is 17.0. The Hall–Kier alpha value is -3.80. The van der Waals surface area contributed by atoms with Crippen molar-refractivity contribution in [3.05, 3.63) is 36.5 Å². The van der Waals surface area contributed by atoms with Gasteiger partial charge in [0.05, 0.1) is 17.9 Å². The van der Waals surface area contributed by atoms with Gasteiger partial charge in [-0.2, -0.15) is 0 Å². The molecule has 184 valence electrons. The summed E-state index contributed by atoms with van der Waals surface area (Å²) in [5, 5.41) is 17.5. The van der Waals surface area contributed by atoms with Crippen molar-refractivity contribution in [2.24, 2.45) is 5.73 Å². The standard InChI is InChI=1S/C23H30N10O2/c1-13(24)22(34)30-16-6-4-15(5-7-16)29-20-10-17(28-14-2-3-14)21-26-11-18(33(21)32-20)23(35)31-19-8-9-25-12-27-19/h8-16,28H,2-7,24H2,1H3,(H,29,32)(H,30,34)(H,25,27,31,35)/t13-,15-,16-/m1/s1. The maximum absolute atomic E-state index is 13.0. The maximum Gasteiger partial charge on any atom is 0.277 e. The van der Waals surface area contributed by atoms with E-state index in [-0.39, 0.29) is 23.9 Å². The van der Waals surface area contributed by atoms with Gasteiger partial charge in [-0.3, -0.25) is 9.59 Å². The van der Waals surface area contributed by atoms with Gasteiger partial charge in [0.1, 0.15) is 18.0 Å². The Morgan fingerprint density at radius 3 is 2.43 bits per heavy atom. The molecule has 12 heteroatoms. The molecule has 0 unspecified atom stereocenters. The van der Waals surface area contributed by atoms with Crippen LogP contribution < -0.4 is 27.0 Å². The van der Waals surface area contributed by atoms with E-state index in [9.17, 15) is 9.59 Å². The van der Waals surface area contributed by atoms with Crippen molar-refractivity contribution in [2.45, 2.75) is 69.6 Å². The Morgan fingerprint density at radius 1 is 1.03 bits per heavy atom. The molecule has 1 atom stereocenters. The molecule has 3 aromatic rings. The number of nitrogens with two attached hydrogens (primary N) is 1. The summed E-state index contributed by atoms with van der Waals surface area (Å²) in [4.78, 5) is 37.2. The minimum Gasteiger partial charge on any atom is -0.379 e. The molecule has 5 rings (SSSR count). The highest BCUT2D eigenvalue weighted by molar-refractivity contribution is 6.03. The number of nitrogens with zero attached hydrogens (tertiary/aromatic N) is 5. The Morgan fingerprint density at radius 2 is 1.74 bits per heavy atom. The molecule has 2 fully saturated rings. The number of hydrogen-bond acceptors (Lipinski definition) is 9. The van der Waals surface area contributed by atoms with Crippen molar-refractivity contribution >= 4 is 34.8 Å². The molecule has 2 amide bonds. The SMILES string of the molecule is C[C@@H](N)C(=O)N[C@H]1CC[C@H](Nc2cc(NC3CC3)c3ncc(C(=O)Nc4ccncn4)n3n2)CC1. The van der Waals surface area contributed by atoms with E-state index >= 15 is 0 Å². The zero-order valence-electron chi connectivity index (χ0n) is 19.6. The van der Waals surface area contributed by atoms with E-state index in [1.54, 1.807) is 23.7 Å². The number of amides is 2. The molecule has 0 bridgehead atoms. The van der Waals surface area contributed by atoms with Crippen LogP contribution in [0.4, 0.5) is 17.3 Å². The number of fused-ring (bicyclic) bond motifs is 1. The topological polar surface area (TPSA) is 164 Å². The van der Waals surface area contributed by atoms with E-state index in [0.29, 0.717) is 29.0 Å². The van der Waals surface area contributed by atoms with Crippen molar-refractivity contribution in [2.75, 3.05) is 16.0 Å². The summed E-state index contributed by atoms with van der Waals surface area (Å²) in [6.45, 7) is 1.69. The zero-order valence-corrected chi connectivity index (χ0v) is 19.6. The van der Waals surface area contributed by atoms with Gasteiger partial charge in [-0.15, -0.1) is 5.10 Å². The number of carbonyl (C=O) groups excluding carboxylic acids is 2. The summed E-state index contributed by atoms with van der Waals surface area (Å²) < 4.78 is 1.57. The van der Waals surface area contributed by atoms with E-state index in [1.807, 2.05) is 6.07 Å². The van der Waals surface area contributed by atoms with Crippen LogP contribution in [0, 0.1) is 0 Å². The van der Waals surface area contributed by atoms with Crippen LogP contribution >= 0.6 is 0 Å². The molecule has 0 spiro atoms. The van der Waals surface area contributed by atoms with Gasteiger partial charge in [0.15, 0.2) is 11.3 Å². The summed E-state index contributed by atoms with van der Waals surface area (Å²) in [5.41, 5.74) is 7.41. The Balaban J connectivity index is 1.33. The highest BCUT2D eigenvalue weighted by Crippen LogP contribution is 2.30. The number of carbonyl (C=O) groups is 2. The van der Waals surface area contributed by atoms with E-state index in [2.05, 4.69) is 36.2 Å². The highest BCUT2D eigenvalue weighted by atomic mass is 16.2. The molecular formula is C23H30N10O2. The summed E-state index contributed by atoms with van der Waals surface area (Å²) in [6, 6.07) is 3.83. The Bertz CT molecular complexity index is 1200. The van der Waals surface area contributed by atoms with Gasteiger partial charge in [-0.1, -0.05) is 0 Å². The fraction of sp³-hybridized carbons (Fsp3) is 0.478. The van der Waals surface area contributed by atoms with Crippen molar-refractivity contribution in [3.63, 3.8) is 0 Å². The van der Waals surface area contributed by atoms with Crippen LogP contribution in [-0.2, 0) is 4.79 Å². The van der Waals surface area contributed by atoms with Crippen LogP contribution in [0.5, 0.6) is 0 Å². The van der Waals surface area contributed by atoms with Crippen LogP contribution in [0.15, 0.2) is 30.9 Å². The largest absolute Gasteiger partial charge is 0.379 e. The van der Waals surface area contributed by atoms with Crippen molar-refractivity contribution < 1.29 is 9.59 Å². The Labute approximate surface area is 202 Å². The van der Waals surface area contributed by atoms with Gasteiger partial charge in [0, 0.05) is 30.4 Å². The minimum absolute atomic E-state index is 0.114. The summed E-state index contributed by atoms with van der Waals surface area (Å²) in [5.74, 6) is 0.594. The number of nitrogens with one attached hydrogen (secondary N) is 4. The van der Waals surface area contributed by atoms with E-state index in [1.165, 1.54) is 12.5 Å². The third-order valence-corrected chi connectivity index (χ3v) is 6.30. The second kappa shape index (κ2) is 9.82. The monoisotopic (exact) mass is 478 g/mol. The molecule has 12 nitrogen and oxygen atoms in total. The average Bonchev–Trinajstić information content (AvgIpc) is 3.56. The minimum atomic E-state index is -0.505. The fourth-order valence-corrected chi connectivity index (χ4v) is 4.22. The van der Waals surface area contributed by atoms with Gasteiger partial charge >= 0.3 is 0 Å². The van der Waals surface area contributed by atoms with Crippen LogP contribution in [-0.4, -0.2) is 60.5 Å². The number of imidazole rings is 1. The molecule has 3 heterocycles. The van der Waals surface area contributed by atoms with E-state index in [4.69, 9.17) is 10.8 Å².